The first kappa shape index (κ1) is 11.2. The van der Waals surface area contributed by atoms with E-state index in [1.165, 1.54) is 0 Å². The van der Waals surface area contributed by atoms with Crippen molar-refractivity contribution in [3.8, 4) is 0 Å². The Bertz CT molecular complexity index is 576. The number of carboxylic acids is 1. The van der Waals surface area contributed by atoms with Crippen LogP contribution in [-0.4, -0.2) is 22.0 Å². The molecule has 1 heterocycles. The fourth-order valence-corrected chi connectivity index (χ4v) is 1.30. The van der Waals surface area contributed by atoms with Crippen molar-refractivity contribution in [3.63, 3.8) is 0 Å². The molecule has 8 heteroatoms. The Morgan fingerprint density at radius 2 is 2.12 bits per heavy atom. The Labute approximate surface area is 92.0 Å². The molecule has 0 bridgehead atoms. The summed E-state index contributed by atoms with van der Waals surface area (Å²) in [5.74, 6) is -1.43. The van der Waals surface area contributed by atoms with Crippen molar-refractivity contribution in [1.29, 1.82) is 0 Å². The van der Waals surface area contributed by atoms with E-state index in [2.05, 4.69) is 9.82 Å². The third-order valence-corrected chi connectivity index (χ3v) is 1.95. The molecule has 0 radical (unpaired) electrons. The molecule has 2 rings (SSSR count). The van der Waals surface area contributed by atoms with Gasteiger partial charge in [0.15, 0.2) is 0 Å². The summed E-state index contributed by atoms with van der Waals surface area (Å²) in [5.41, 5.74) is -0.0990. The number of aromatic carboxylic acids is 1. The zero-order valence-electron chi connectivity index (χ0n) is 8.06. The summed E-state index contributed by atoms with van der Waals surface area (Å²) in [4.78, 5) is 17.8. The van der Waals surface area contributed by atoms with Crippen LogP contribution in [0.3, 0.4) is 0 Å². The van der Waals surface area contributed by atoms with Crippen molar-refractivity contribution in [1.82, 2.24) is 9.71 Å². The molecule has 0 unspecified atom stereocenters. The molecule has 1 aromatic heterocycles. The Morgan fingerprint density at radius 1 is 1.41 bits per heavy atom. The molecular weight excluding hydrogens is 241 g/mol. The summed E-state index contributed by atoms with van der Waals surface area (Å²) < 4.78 is 36.3. The molecule has 17 heavy (non-hydrogen) atoms. The van der Waals surface area contributed by atoms with Crippen molar-refractivity contribution in [2.45, 2.75) is 6.36 Å². The van der Waals surface area contributed by atoms with E-state index in [1.54, 1.807) is 0 Å². The van der Waals surface area contributed by atoms with E-state index in [0.717, 1.165) is 24.5 Å². The van der Waals surface area contributed by atoms with Gasteiger partial charge in [-0.3, -0.25) is 0 Å². The van der Waals surface area contributed by atoms with Crippen LogP contribution in [0.2, 0.25) is 0 Å². The minimum atomic E-state index is -4.85. The highest BCUT2D eigenvalue weighted by molar-refractivity contribution is 5.90. The zero-order valence-corrected chi connectivity index (χ0v) is 8.06. The maximum absolute atomic E-state index is 12.0. The van der Waals surface area contributed by atoms with Gasteiger partial charge >= 0.3 is 6.36 Å². The van der Waals surface area contributed by atoms with Crippen molar-refractivity contribution >= 4 is 17.0 Å². The predicted octanol–water partition coefficient (Wildman–Crippen LogP) is 0.348. The first-order chi connectivity index (χ1) is 7.87. The van der Waals surface area contributed by atoms with Gasteiger partial charge < -0.3 is 14.7 Å². The van der Waals surface area contributed by atoms with Crippen LogP contribution < -0.4 is 9.94 Å². The molecule has 0 aliphatic carbocycles. The lowest BCUT2D eigenvalue weighted by molar-refractivity contribution is -0.321. The van der Waals surface area contributed by atoms with Crippen molar-refractivity contribution in [3.05, 3.63) is 30.1 Å². The molecule has 0 spiro atoms. The molecule has 1 aromatic carbocycles. The standard InChI is InChI=1S/C9H5F3N2O3/c10-9(11,12)17-14-4-13-6-3-5(8(15)16)1-2-7(6)14/h1-4H,(H,15,16)/p-1. The van der Waals surface area contributed by atoms with E-state index in [0.29, 0.717) is 4.73 Å². The highest BCUT2D eigenvalue weighted by Crippen LogP contribution is 2.18. The highest BCUT2D eigenvalue weighted by atomic mass is 19.4. The fraction of sp³-hybridized carbons (Fsp3) is 0.111. The van der Waals surface area contributed by atoms with Gasteiger partial charge in [0.25, 0.3) is 0 Å². The number of carboxylic acid groups (broad SMARTS) is 1. The first-order valence-electron chi connectivity index (χ1n) is 4.31. The Hall–Kier alpha value is -2.25. The van der Waals surface area contributed by atoms with Gasteiger partial charge in [0.05, 0.1) is 11.5 Å². The Morgan fingerprint density at radius 3 is 2.71 bits per heavy atom. The number of benzene rings is 1. The maximum Gasteiger partial charge on any atom is 0.591 e. The van der Waals surface area contributed by atoms with E-state index in [4.69, 9.17) is 0 Å². The van der Waals surface area contributed by atoms with Gasteiger partial charge in [-0.1, -0.05) is 6.07 Å². The molecule has 90 valence electrons. The second-order valence-electron chi connectivity index (χ2n) is 3.10. The summed E-state index contributed by atoms with van der Waals surface area (Å²) in [6, 6.07) is 3.36. The highest BCUT2D eigenvalue weighted by Gasteiger charge is 2.32. The second kappa shape index (κ2) is 3.65. The van der Waals surface area contributed by atoms with E-state index < -0.39 is 12.3 Å². The average Bonchev–Trinajstić information content (AvgIpc) is 2.58. The maximum atomic E-state index is 12.0. The molecule has 0 saturated carbocycles. The number of nitrogens with zero attached hydrogens (tertiary/aromatic N) is 2. The molecule has 0 saturated heterocycles. The van der Waals surface area contributed by atoms with Crippen LogP contribution >= 0.6 is 0 Å². The number of halogens is 3. The number of alkyl halides is 3. The largest absolute Gasteiger partial charge is 0.591 e. The number of hydrogen-bond acceptors (Lipinski definition) is 4. The van der Waals surface area contributed by atoms with Crippen LogP contribution in [0.15, 0.2) is 24.5 Å². The topological polar surface area (TPSA) is 67.2 Å². The third kappa shape index (κ3) is 2.30. The number of carbonyl (C=O) groups is 1. The van der Waals surface area contributed by atoms with Crippen molar-refractivity contribution < 1.29 is 27.9 Å². The number of hydrogen-bond donors (Lipinski definition) is 0. The minimum absolute atomic E-state index is 0.00678. The predicted molar refractivity (Wildman–Crippen MR) is 46.7 cm³/mol. The van der Waals surface area contributed by atoms with E-state index in [9.17, 15) is 23.1 Å². The summed E-state index contributed by atoms with van der Waals surface area (Å²) in [6.07, 6.45) is -4.04. The average molecular weight is 245 g/mol. The van der Waals surface area contributed by atoms with Gasteiger partial charge in [-0.15, -0.1) is 13.2 Å². The minimum Gasteiger partial charge on any atom is -0.545 e. The zero-order chi connectivity index (χ0) is 12.6. The van der Waals surface area contributed by atoms with Crippen LogP contribution in [0.25, 0.3) is 11.0 Å². The summed E-state index contributed by atoms with van der Waals surface area (Å²) in [6.45, 7) is 0. The SMILES string of the molecule is O=C([O-])c1ccc2c(c1)ncn2OC(F)(F)F. The van der Waals surface area contributed by atoms with Crippen LogP contribution in [0.5, 0.6) is 0 Å². The molecule has 0 N–H and O–H groups in total. The van der Waals surface area contributed by atoms with Crippen LogP contribution in [0.1, 0.15) is 10.4 Å². The van der Waals surface area contributed by atoms with Gasteiger partial charge in [-0.25, -0.2) is 4.98 Å². The lowest BCUT2D eigenvalue weighted by Gasteiger charge is -2.09. The summed E-state index contributed by atoms with van der Waals surface area (Å²) in [5, 5.41) is 10.5. The number of imidazole rings is 1. The normalized spacial score (nSPS) is 11.7. The molecule has 0 amide bonds. The lowest BCUT2D eigenvalue weighted by Crippen LogP contribution is -2.26. The van der Waals surface area contributed by atoms with Gasteiger partial charge in [0.1, 0.15) is 11.8 Å². The van der Waals surface area contributed by atoms with E-state index >= 15 is 0 Å². The molecule has 0 atom stereocenters. The molecule has 5 nitrogen and oxygen atoms in total. The second-order valence-corrected chi connectivity index (χ2v) is 3.10. The Balaban J connectivity index is 2.45. The van der Waals surface area contributed by atoms with E-state index in [-0.39, 0.29) is 16.6 Å². The summed E-state index contributed by atoms with van der Waals surface area (Å²) in [7, 11) is 0. The quantitative estimate of drug-likeness (QED) is 0.765. The van der Waals surface area contributed by atoms with Gasteiger partial charge in [0.2, 0.25) is 0 Å². The monoisotopic (exact) mass is 245 g/mol. The molecule has 2 aromatic rings. The number of aromatic nitrogens is 2. The van der Waals surface area contributed by atoms with Gasteiger partial charge in [0, 0.05) is 0 Å². The first-order valence-corrected chi connectivity index (χ1v) is 4.31. The third-order valence-electron chi connectivity index (χ3n) is 1.95. The number of carbonyl (C=O) groups excluding carboxylic acids is 1. The number of rotatable bonds is 2. The molecular formula is C9H4F3N2O3-. The number of fused-ring (bicyclic) bond motifs is 1. The molecule has 0 aliphatic heterocycles. The van der Waals surface area contributed by atoms with Crippen LogP contribution in [-0.2, 0) is 0 Å². The van der Waals surface area contributed by atoms with Crippen LogP contribution in [0.4, 0.5) is 13.2 Å². The fourth-order valence-electron chi connectivity index (χ4n) is 1.30. The van der Waals surface area contributed by atoms with Crippen molar-refractivity contribution in [2.75, 3.05) is 0 Å². The van der Waals surface area contributed by atoms with E-state index in [1.807, 2.05) is 0 Å². The van der Waals surface area contributed by atoms with Gasteiger partial charge in [-0.05, 0) is 17.7 Å². The summed E-state index contributed by atoms with van der Waals surface area (Å²) >= 11 is 0. The van der Waals surface area contributed by atoms with Crippen molar-refractivity contribution in [2.24, 2.45) is 0 Å². The van der Waals surface area contributed by atoms with Crippen LogP contribution in [0, 0.1) is 0 Å². The van der Waals surface area contributed by atoms with Gasteiger partial charge in [-0.2, -0.15) is 4.73 Å². The molecule has 0 fully saturated rings. The molecule has 0 aliphatic rings. The Kier molecular flexibility index (Phi) is 2.41. The lowest BCUT2D eigenvalue weighted by atomic mass is 10.2. The smallest absolute Gasteiger partial charge is 0.545 e.